The number of nitrogens with one attached hydrogen (secondary N) is 2. The van der Waals surface area contributed by atoms with Crippen LogP contribution in [-0.4, -0.2) is 18.0 Å². The molecule has 1 atom stereocenters. The Hall–Kier alpha value is -1.56. The third-order valence-electron chi connectivity index (χ3n) is 2.21. The van der Waals surface area contributed by atoms with Crippen LogP contribution in [0.4, 0.5) is 4.79 Å². The van der Waals surface area contributed by atoms with Crippen LogP contribution in [0.1, 0.15) is 18.7 Å². The van der Waals surface area contributed by atoms with E-state index in [1.165, 1.54) is 11.3 Å². The highest BCUT2D eigenvalue weighted by atomic mass is 32.1. The van der Waals surface area contributed by atoms with Crippen LogP contribution in [0.3, 0.4) is 0 Å². The number of hydrogen-bond acceptors (Lipinski definition) is 4. The SMILES string of the molecule is CC(C)[C@H](NC(=O)NCc1cccs1)C(=O)[O-]. The fraction of sp³-hybridized carbons (Fsp3) is 0.455. The van der Waals surface area contributed by atoms with Crippen molar-refractivity contribution >= 4 is 23.3 Å². The Morgan fingerprint density at radius 3 is 2.65 bits per heavy atom. The minimum Gasteiger partial charge on any atom is -0.548 e. The van der Waals surface area contributed by atoms with Gasteiger partial charge in [0.05, 0.1) is 18.6 Å². The van der Waals surface area contributed by atoms with E-state index in [9.17, 15) is 14.7 Å². The summed E-state index contributed by atoms with van der Waals surface area (Å²) >= 11 is 1.53. The molecule has 2 amide bonds. The summed E-state index contributed by atoms with van der Waals surface area (Å²) in [4.78, 5) is 23.2. The van der Waals surface area contributed by atoms with Gasteiger partial charge in [0.2, 0.25) is 0 Å². The van der Waals surface area contributed by atoms with Crippen LogP contribution in [0.15, 0.2) is 17.5 Å². The molecule has 0 saturated carbocycles. The first-order valence-electron chi connectivity index (χ1n) is 5.28. The normalized spacial score (nSPS) is 12.2. The Kier molecular flexibility index (Phi) is 4.96. The lowest BCUT2D eigenvalue weighted by atomic mass is 10.1. The fourth-order valence-electron chi connectivity index (χ4n) is 1.27. The summed E-state index contributed by atoms with van der Waals surface area (Å²) < 4.78 is 0. The van der Waals surface area contributed by atoms with E-state index in [1.807, 2.05) is 17.5 Å². The number of aliphatic carboxylic acids is 1. The zero-order valence-electron chi connectivity index (χ0n) is 9.73. The Morgan fingerprint density at radius 1 is 1.47 bits per heavy atom. The van der Waals surface area contributed by atoms with Crippen LogP contribution in [0, 0.1) is 5.92 Å². The monoisotopic (exact) mass is 255 g/mol. The Bertz CT molecular complexity index is 376. The van der Waals surface area contributed by atoms with E-state index in [0.29, 0.717) is 6.54 Å². The maximum absolute atomic E-state index is 11.4. The van der Waals surface area contributed by atoms with Crippen LogP contribution in [0.5, 0.6) is 0 Å². The van der Waals surface area contributed by atoms with E-state index >= 15 is 0 Å². The average molecular weight is 255 g/mol. The first-order valence-corrected chi connectivity index (χ1v) is 6.16. The quantitative estimate of drug-likeness (QED) is 0.795. The van der Waals surface area contributed by atoms with Crippen molar-refractivity contribution < 1.29 is 14.7 Å². The number of carbonyl (C=O) groups excluding carboxylic acids is 2. The number of carboxylic acid groups (broad SMARTS) is 1. The van der Waals surface area contributed by atoms with Crippen molar-refractivity contribution in [1.29, 1.82) is 0 Å². The van der Waals surface area contributed by atoms with Crippen molar-refractivity contribution in [2.24, 2.45) is 5.92 Å². The summed E-state index contributed by atoms with van der Waals surface area (Å²) in [5, 5.41) is 17.6. The molecule has 94 valence electrons. The molecule has 5 nitrogen and oxygen atoms in total. The molecule has 0 aromatic carbocycles. The van der Waals surface area contributed by atoms with E-state index in [4.69, 9.17) is 0 Å². The molecule has 17 heavy (non-hydrogen) atoms. The second kappa shape index (κ2) is 6.24. The average Bonchev–Trinajstić information content (AvgIpc) is 2.74. The van der Waals surface area contributed by atoms with E-state index in [1.54, 1.807) is 13.8 Å². The summed E-state index contributed by atoms with van der Waals surface area (Å²) in [6.07, 6.45) is 0. The molecule has 0 aliphatic rings. The zero-order valence-corrected chi connectivity index (χ0v) is 10.5. The van der Waals surface area contributed by atoms with Crippen molar-refractivity contribution in [1.82, 2.24) is 10.6 Å². The van der Waals surface area contributed by atoms with Crippen LogP contribution in [0.2, 0.25) is 0 Å². The summed E-state index contributed by atoms with van der Waals surface area (Å²) in [6, 6.07) is 2.31. The van der Waals surface area contributed by atoms with Crippen LogP contribution < -0.4 is 15.7 Å². The molecule has 1 heterocycles. The molecule has 0 aliphatic carbocycles. The molecule has 0 spiro atoms. The molecule has 1 rings (SSSR count). The van der Waals surface area contributed by atoms with Crippen LogP contribution in [0.25, 0.3) is 0 Å². The predicted octanol–water partition coefficient (Wildman–Crippen LogP) is 0.322. The molecular weight excluding hydrogens is 240 g/mol. The predicted molar refractivity (Wildman–Crippen MR) is 63.3 cm³/mol. The van der Waals surface area contributed by atoms with Gasteiger partial charge in [-0.2, -0.15) is 0 Å². The van der Waals surface area contributed by atoms with Gasteiger partial charge in [-0.15, -0.1) is 11.3 Å². The molecule has 0 fully saturated rings. The molecule has 0 radical (unpaired) electrons. The van der Waals surface area contributed by atoms with Gasteiger partial charge in [-0.1, -0.05) is 19.9 Å². The molecule has 0 saturated heterocycles. The van der Waals surface area contributed by atoms with Gasteiger partial charge in [0.15, 0.2) is 0 Å². The lowest BCUT2D eigenvalue weighted by Gasteiger charge is -2.23. The molecule has 0 unspecified atom stereocenters. The molecule has 2 N–H and O–H groups in total. The van der Waals surface area contributed by atoms with Crippen molar-refractivity contribution in [2.45, 2.75) is 26.4 Å². The summed E-state index contributed by atoms with van der Waals surface area (Å²) in [5.41, 5.74) is 0. The zero-order chi connectivity index (χ0) is 12.8. The largest absolute Gasteiger partial charge is 0.548 e. The molecule has 6 heteroatoms. The fourth-order valence-corrected chi connectivity index (χ4v) is 1.92. The number of carboxylic acids is 1. The maximum atomic E-state index is 11.4. The summed E-state index contributed by atoms with van der Waals surface area (Å²) in [6.45, 7) is 3.81. The number of thiophene rings is 1. The minimum atomic E-state index is -1.27. The van der Waals surface area contributed by atoms with Gasteiger partial charge in [0.25, 0.3) is 0 Å². The van der Waals surface area contributed by atoms with E-state index in [-0.39, 0.29) is 5.92 Å². The first kappa shape index (κ1) is 13.5. The second-order valence-corrected chi connectivity index (χ2v) is 4.98. The number of urea groups is 1. The molecule has 0 aliphatic heterocycles. The Labute approximate surface area is 104 Å². The van der Waals surface area contributed by atoms with Crippen molar-refractivity contribution in [3.63, 3.8) is 0 Å². The van der Waals surface area contributed by atoms with Gasteiger partial charge in [-0.05, 0) is 17.4 Å². The standard InChI is InChI=1S/C11H16N2O3S/c1-7(2)9(10(14)15)13-11(16)12-6-8-4-3-5-17-8/h3-5,7,9H,6H2,1-2H3,(H,14,15)(H2,12,13,16)/p-1/t9-/m0/s1. The number of carbonyl (C=O) groups is 2. The third-order valence-corrected chi connectivity index (χ3v) is 3.09. The van der Waals surface area contributed by atoms with Crippen LogP contribution >= 0.6 is 11.3 Å². The highest BCUT2D eigenvalue weighted by Crippen LogP contribution is 2.07. The van der Waals surface area contributed by atoms with Gasteiger partial charge >= 0.3 is 6.03 Å². The molecule has 1 aromatic heterocycles. The highest BCUT2D eigenvalue weighted by molar-refractivity contribution is 7.09. The van der Waals surface area contributed by atoms with Gasteiger partial charge in [0, 0.05) is 4.88 Å². The van der Waals surface area contributed by atoms with E-state index in [2.05, 4.69) is 10.6 Å². The molecular formula is C11H15N2O3S-. The van der Waals surface area contributed by atoms with Gasteiger partial charge in [-0.3, -0.25) is 0 Å². The van der Waals surface area contributed by atoms with Gasteiger partial charge < -0.3 is 20.5 Å². The van der Waals surface area contributed by atoms with Crippen molar-refractivity contribution in [3.8, 4) is 0 Å². The second-order valence-electron chi connectivity index (χ2n) is 3.95. The molecule has 1 aromatic rings. The molecule has 0 bridgehead atoms. The smallest absolute Gasteiger partial charge is 0.315 e. The highest BCUT2D eigenvalue weighted by Gasteiger charge is 2.16. The number of hydrogen-bond donors (Lipinski definition) is 2. The number of rotatable bonds is 5. The Morgan fingerprint density at radius 2 is 2.18 bits per heavy atom. The summed E-state index contributed by atoms with van der Waals surface area (Å²) in [7, 11) is 0. The minimum absolute atomic E-state index is 0.215. The third kappa shape index (κ3) is 4.44. The van der Waals surface area contributed by atoms with Crippen LogP contribution in [-0.2, 0) is 11.3 Å². The van der Waals surface area contributed by atoms with Crippen molar-refractivity contribution in [2.75, 3.05) is 0 Å². The van der Waals surface area contributed by atoms with Gasteiger partial charge in [0.1, 0.15) is 0 Å². The summed E-state index contributed by atoms with van der Waals surface area (Å²) in [5.74, 6) is -1.49. The lowest BCUT2D eigenvalue weighted by Crippen LogP contribution is -2.53. The topological polar surface area (TPSA) is 81.3 Å². The van der Waals surface area contributed by atoms with Gasteiger partial charge in [-0.25, -0.2) is 4.79 Å². The van der Waals surface area contributed by atoms with E-state index in [0.717, 1.165) is 4.88 Å². The van der Waals surface area contributed by atoms with Crippen molar-refractivity contribution in [3.05, 3.63) is 22.4 Å². The number of amides is 2. The Balaban J connectivity index is 2.40. The first-order chi connectivity index (χ1) is 8.00. The lowest BCUT2D eigenvalue weighted by molar-refractivity contribution is -0.309. The van der Waals surface area contributed by atoms with E-state index < -0.39 is 18.0 Å². The maximum Gasteiger partial charge on any atom is 0.315 e.